The van der Waals surface area contributed by atoms with Gasteiger partial charge in [0.15, 0.2) is 0 Å². The molecular formula is C19H28N6O7. The van der Waals surface area contributed by atoms with E-state index in [1.165, 1.54) is 19.4 Å². The molecule has 176 valence electrons. The highest BCUT2D eigenvalue weighted by molar-refractivity contribution is 5.94. The van der Waals surface area contributed by atoms with Crippen molar-refractivity contribution in [3.8, 4) is 0 Å². The van der Waals surface area contributed by atoms with E-state index >= 15 is 0 Å². The molecule has 1 aliphatic heterocycles. The highest BCUT2D eigenvalue weighted by Gasteiger charge is 2.38. The zero-order valence-electron chi connectivity index (χ0n) is 17.6. The molecule has 13 nitrogen and oxygen atoms in total. The van der Waals surface area contributed by atoms with E-state index in [1.54, 1.807) is 0 Å². The lowest BCUT2D eigenvalue weighted by Crippen LogP contribution is -2.56. The SMILES string of the molecule is CC(NC(=O)C(N)Cc1cnc[nH]1)C(=O)NC(CCC(=O)O)C(=O)N1CCCC1C(=O)O. The summed E-state index contributed by atoms with van der Waals surface area (Å²) in [5.41, 5.74) is 6.48. The summed E-state index contributed by atoms with van der Waals surface area (Å²) in [5.74, 6) is -4.31. The van der Waals surface area contributed by atoms with Crippen LogP contribution in [0, 0.1) is 0 Å². The van der Waals surface area contributed by atoms with Crippen molar-refractivity contribution < 1.29 is 34.2 Å². The first-order valence-electron chi connectivity index (χ1n) is 10.2. The third-order valence-corrected chi connectivity index (χ3v) is 5.17. The molecule has 1 saturated heterocycles. The van der Waals surface area contributed by atoms with Crippen LogP contribution in [-0.4, -0.2) is 85.5 Å². The number of likely N-dealkylation sites (tertiary alicyclic amines) is 1. The Morgan fingerprint density at radius 1 is 1.25 bits per heavy atom. The smallest absolute Gasteiger partial charge is 0.326 e. The van der Waals surface area contributed by atoms with Crippen molar-refractivity contribution in [3.05, 3.63) is 18.2 Å². The highest BCUT2D eigenvalue weighted by atomic mass is 16.4. The minimum absolute atomic E-state index is 0.172. The lowest BCUT2D eigenvalue weighted by atomic mass is 10.1. The summed E-state index contributed by atoms with van der Waals surface area (Å²) in [6, 6.07) is -4.28. The molecule has 0 saturated carbocycles. The minimum Gasteiger partial charge on any atom is -0.481 e. The first kappa shape index (κ1) is 24.8. The van der Waals surface area contributed by atoms with Crippen LogP contribution < -0.4 is 16.4 Å². The first-order valence-corrected chi connectivity index (χ1v) is 10.2. The molecule has 1 aromatic heterocycles. The van der Waals surface area contributed by atoms with Crippen LogP contribution in [0.25, 0.3) is 0 Å². The molecule has 7 N–H and O–H groups in total. The van der Waals surface area contributed by atoms with E-state index in [2.05, 4.69) is 20.6 Å². The van der Waals surface area contributed by atoms with E-state index in [1.807, 2.05) is 0 Å². The third kappa shape index (κ3) is 6.77. The number of nitrogens with zero attached hydrogens (tertiary/aromatic N) is 2. The quantitative estimate of drug-likeness (QED) is 0.224. The van der Waals surface area contributed by atoms with Gasteiger partial charge in [0.05, 0.1) is 12.4 Å². The third-order valence-electron chi connectivity index (χ3n) is 5.17. The van der Waals surface area contributed by atoms with Gasteiger partial charge in [-0.05, 0) is 26.2 Å². The summed E-state index contributed by atoms with van der Waals surface area (Å²) in [5, 5.41) is 23.2. The fraction of sp³-hybridized carbons (Fsp3) is 0.579. The van der Waals surface area contributed by atoms with E-state index < -0.39 is 60.2 Å². The molecule has 2 heterocycles. The molecule has 4 unspecified atom stereocenters. The predicted octanol–water partition coefficient (Wildman–Crippen LogP) is -1.79. The zero-order valence-corrected chi connectivity index (χ0v) is 17.6. The van der Waals surface area contributed by atoms with Crippen LogP contribution in [0.4, 0.5) is 0 Å². The fourth-order valence-electron chi connectivity index (χ4n) is 3.42. The number of hydrogen-bond donors (Lipinski definition) is 6. The molecule has 0 radical (unpaired) electrons. The fourth-order valence-corrected chi connectivity index (χ4v) is 3.42. The Labute approximate surface area is 183 Å². The number of imidazole rings is 1. The molecule has 32 heavy (non-hydrogen) atoms. The van der Waals surface area contributed by atoms with Crippen molar-refractivity contribution in [2.24, 2.45) is 5.73 Å². The molecule has 0 bridgehead atoms. The molecule has 1 aromatic rings. The second-order valence-corrected chi connectivity index (χ2v) is 7.64. The van der Waals surface area contributed by atoms with E-state index in [4.69, 9.17) is 10.8 Å². The molecule has 1 fully saturated rings. The molecule has 0 spiro atoms. The number of carbonyl (C=O) groups excluding carboxylic acids is 3. The van der Waals surface area contributed by atoms with Crippen LogP contribution in [0.5, 0.6) is 0 Å². The molecule has 13 heteroatoms. The van der Waals surface area contributed by atoms with Crippen LogP contribution in [0.3, 0.4) is 0 Å². The summed E-state index contributed by atoms with van der Waals surface area (Å²) in [7, 11) is 0. The Hall–Kier alpha value is -3.48. The topological polar surface area (TPSA) is 208 Å². The number of H-pyrrole nitrogens is 1. The Bertz CT molecular complexity index is 843. The lowest BCUT2D eigenvalue weighted by molar-refractivity contribution is -0.150. The van der Waals surface area contributed by atoms with Gasteiger partial charge in [-0.1, -0.05) is 0 Å². The second-order valence-electron chi connectivity index (χ2n) is 7.64. The van der Waals surface area contributed by atoms with Crippen molar-refractivity contribution in [2.45, 2.75) is 63.2 Å². The number of rotatable bonds is 11. The molecule has 0 aliphatic carbocycles. The molecule has 4 atom stereocenters. The highest BCUT2D eigenvalue weighted by Crippen LogP contribution is 2.19. The van der Waals surface area contributed by atoms with Crippen LogP contribution in [-0.2, 0) is 30.4 Å². The molecule has 1 aliphatic rings. The van der Waals surface area contributed by atoms with Gasteiger partial charge in [0, 0.05) is 31.3 Å². The van der Waals surface area contributed by atoms with Crippen LogP contribution in [0.15, 0.2) is 12.5 Å². The monoisotopic (exact) mass is 452 g/mol. The number of nitrogens with one attached hydrogen (secondary N) is 3. The van der Waals surface area contributed by atoms with Crippen molar-refractivity contribution >= 4 is 29.7 Å². The largest absolute Gasteiger partial charge is 0.481 e. The standard InChI is InChI=1S/C19H28N6O7/c1-10(23-17(29)12(20)7-11-8-21-9-22-11)16(28)24-13(4-5-15(26)27)18(30)25-6-2-3-14(25)19(31)32/h8-10,12-14H,2-7,20H2,1H3,(H,21,22)(H,23,29)(H,24,28)(H,26,27)(H,31,32). The molecular weight excluding hydrogens is 424 g/mol. The van der Waals surface area contributed by atoms with E-state index in [0.29, 0.717) is 12.1 Å². The van der Waals surface area contributed by atoms with E-state index in [-0.39, 0.29) is 25.8 Å². The first-order chi connectivity index (χ1) is 15.1. The number of hydrogen-bond acceptors (Lipinski definition) is 7. The van der Waals surface area contributed by atoms with Gasteiger partial charge in [-0.3, -0.25) is 19.2 Å². The average molecular weight is 452 g/mol. The number of aliphatic carboxylic acids is 2. The number of nitrogens with two attached hydrogens (primary N) is 1. The normalized spacial score (nSPS) is 18.4. The van der Waals surface area contributed by atoms with Gasteiger partial charge in [0.1, 0.15) is 18.1 Å². The number of carboxylic acids is 2. The van der Waals surface area contributed by atoms with Crippen molar-refractivity contribution in [1.29, 1.82) is 0 Å². The second kappa shape index (κ2) is 11.2. The maximum absolute atomic E-state index is 12.9. The Morgan fingerprint density at radius 2 is 1.97 bits per heavy atom. The lowest BCUT2D eigenvalue weighted by Gasteiger charge is -2.28. The Kier molecular flexibility index (Phi) is 8.70. The summed E-state index contributed by atoms with van der Waals surface area (Å²) >= 11 is 0. The van der Waals surface area contributed by atoms with Crippen LogP contribution in [0.1, 0.15) is 38.3 Å². The van der Waals surface area contributed by atoms with Crippen molar-refractivity contribution in [3.63, 3.8) is 0 Å². The van der Waals surface area contributed by atoms with Gasteiger partial charge < -0.3 is 36.5 Å². The van der Waals surface area contributed by atoms with E-state index in [9.17, 15) is 29.1 Å². The number of carbonyl (C=O) groups is 5. The molecule has 2 rings (SSSR count). The van der Waals surface area contributed by atoms with Gasteiger partial charge in [-0.15, -0.1) is 0 Å². The maximum Gasteiger partial charge on any atom is 0.326 e. The summed E-state index contributed by atoms with van der Waals surface area (Å²) in [6.45, 7) is 1.59. The van der Waals surface area contributed by atoms with Crippen molar-refractivity contribution in [1.82, 2.24) is 25.5 Å². The van der Waals surface area contributed by atoms with Gasteiger partial charge in [-0.2, -0.15) is 0 Å². The minimum atomic E-state index is -1.24. The summed E-state index contributed by atoms with van der Waals surface area (Å²) in [4.78, 5) is 67.9. The van der Waals surface area contributed by atoms with Gasteiger partial charge in [0.25, 0.3) is 0 Å². The van der Waals surface area contributed by atoms with Crippen molar-refractivity contribution in [2.75, 3.05) is 6.54 Å². The Morgan fingerprint density at radius 3 is 2.56 bits per heavy atom. The van der Waals surface area contributed by atoms with Gasteiger partial charge >= 0.3 is 11.9 Å². The number of aromatic nitrogens is 2. The summed E-state index contributed by atoms with van der Waals surface area (Å²) in [6.07, 6.45) is 3.28. The average Bonchev–Trinajstić information content (AvgIpc) is 3.41. The predicted molar refractivity (Wildman–Crippen MR) is 109 cm³/mol. The number of carboxylic acid groups (broad SMARTS) is 2. The zero-order chi connectivity index (χ0) is 23.8. The Balaban J connectivity index is 2.00. The molecule has 3 amide bonds. The van der Waals surface area contributed by atoms with Crippen LogP contribution in [0.2, 0.25) is 0 Å². The van der Waals surface area contributed by atoms with E-state index in [0.717, 1.165) is 4.90 Å². The maximum atomic E-state index is 12.9. The summed E-state index contributed by atoms with van der Waals surface area (Å²) < 4.78 is 0. The van der Waals surface area contributed by atoms with Gasteiger partial charge in [-0.25, -0.2) is 9.78 Å². The number of amides is 3. The number of aromatic amines is 1. The van der Waals surface area contributed by atoms with Gasteiger partial charge in [0.2, 0.25) is 17.7 Å². The molecule has 0 aromatic carbocycles. The van der Waals surface area contributed by atoms with Crippen LogP contribution >= 0.6 is 0 Å².